The lowest BCUT2D eigenvalue weighted by Crippen LogP contribution is -2.19. The first kappa shape index (κ1) is 28.3. The summed E-state index contributed by atoms with van der Waals surface area (Å²) >= 11 is 13.3. The highest BCUT2D eigenvalue weighted by Gasteiger charge is 2.34. The van der Waals surface area contributed by atoms with E-state index in [0.29, 0.717) is 0 Å². The molecule has 0 saturated carbocycles. The quantitative estimate of drug-likeness (QED) is 0.112. The van der Waals surface area contributed by atoms with E-state index in [1.54, 1.807) is 0 Å². The molecule has 2 heterocycles. The van der Waals surface area contributed by atoms with Crippen molar-refractivity contribution >= 4 is 71.6 Å². The molecule has 0 aromatic heterocycles. The SMILES string of the molecule is NCCN=c1ccc2nc3c(Cl)c4c(c(Cl)c3oc-2c1S(=O)(=O)O)Nc1ccc(NCCN)c(S(=O)(=O)O)c1O4. The average molecular weight is 631 g/mol. The summed E-state index contributed by atoms with van der Waals surface area (Å²) in [6.07, 6.45) is 0. The molecular formula is C22H20Cl2N6O8S2. The normalized spacial score (nSPS) is 13.6. The van der Waals surface area contributed by atoms with E-state index >= 15 is 0 Å². The first-order chi connectivity index (χ1) is 18.9. The van der Waals surface area contributed by atoms with E-state index in [9.17, 15) is 25.9 Å². The summed E-state index contributed by atoms with van der Waals surface area (Å²) in [4.78, 5) is 7.26. The zero-order valence-electron chi connectivity index (χ0n) is 20.1. The van der Waals surface area contributed by atoms with E-state index in [0.717, 1.165) is 0 Å². The Balaban J connectivity index is 1.78. The van der Waals surface area contributed by atoms with Gasteiger partial charge < -0.3 is 31.3 Å². The standard InChI is InChI=1S/C22H20Cl2N6O8S2/c23-13-15-19(37-17-9(29-15)1-3-11(27-7-5-25)21(17)39(31,32)33)14(24)16-20(13)38-18-10(30-16)2-4-12(28-8-6-26)22(18)40(34,35)36/h1-4,27,29H,5-8,25-26H2,(H,31,32,33)(H,34,35,36). The van der Waals surface area contributed by atoms with Gasteiger partial charge in [-0.3, -0.25) is 14.1 Å². The molecule has 0 saturated heterocycles. The van der Waals surface area contributed by atoms with Crippen molar-refractivity contribution in [2.75, 3.05) is 36.8 Å². The molecule has 212 valence electrons. The second-order valence-electron chi connectivity index (χ2n) is 8.37. The zero-order chi connectivity index (χ0) is 29.0. The van der Waals surface area contributed by atoms with Crippen LogP contribution in [0.15, 0.2) is 43.5 Å². The number of benzene rings is 3. The van der Waals surface area contributed by atoms with Gasteiger partial charge in [-0.15, -0.1) is 0 Å². The molecule has 0 unspecified atom stereocenters. The number of hydrogen-bond acceptors (Lipinski definition) is 12. The van der Waals surface area contributed by atoms with Gasteiger partial charge in [-0.2, -0.15) is 16.8 Å². The van der Waals surface area contributed by atoms with Crippen LogP contribution in [0.4, 0.5) is 17.1 Å². The van der Waals surface area contributed by atoms with Crippen molar-refractivity contribution in [3.63, 3.8) is 0 Å². The highest BCUT2D eigenvalue weighted by molar-refractivity contribution is 7.86. The first-order valence-electron chi connectivity index (χ1n) is 11.4. The van der Waals surface area contributed by atoms with E-state index in [1.807, 2.05) is 0 Å². The molecule has 0 atom stereocenters. The minimum atomic E-state index is -4.85. The number of fused-ring (bicyclic) bond motifs is 4. The number of aromatic nitrogens is 1. The molecule has 18 heteroatoms. The van der Waals surface area contributed by atoms with Gasteiger partial charge in [0.2, 0.25) is 0 Å². The predicted molar refractivity (Wildman–Crippen MR) is 147 cm³/mol. The molecule has 3 aliphatic rings. The van der Waals surface area contributed by atoms with E-state index in [-0.39, 0.29) is 92.7 Å². The van der Waals surface area contributed by atoms with Crippen LogP contribution in [0.2, 0.25) is 10.0 Å². The maximum absolute atomic E-state index is 12.3. The fourth-order valence-corrected chi connectivity index (χ4v) is 6.25. The first-order valence-corrected chi connectivity index (χ1v) is 15.0. The molecule has 0 radical (unpaired) electrons. The summed E-state index contributed by atoms with van der Waals surface area (Å²) in [5.74, 6) is -0.751. The average Bonchev–Trinajstić information content (AvgIpc) is 2.90. The van der Waals surface area contributed by atoms with E-state index in [4.69, 9.17) is 43.8 Å². The fraction of sp³-hybridized carbons (Fsp3) is 0.182. The summed E-state index contributed by atoms with van der Waals surface area (Å²) < 4.78 is 80.9. The Hall–Kier alpha value is -3.22. The second-order valence-corrected chi connectivity index (χ2v) is 11.8. The third-order valence-electron chi connectivity index (χ3n) is 5.74. The molecule has 14 nitrogen and oxygen atoms in total. The van der Waals surface area contributed by atoms with Gasteiger partial charge in [0, 0.05) is 19.6 Å². The maximum Gasteiger partial charge on any atom is 0.300 e. The number of anilines is 3. The van der Waals surface area contributed by atoms with Crippen molar-refractivity contribution < 1.29 is 35.1 Å². The summed E-state index contributed by atoms with van der Waals surface area (Å²) in [5.41, 5.74) is 10.9. The molecule has 0 amide bonds. The molecule has 2 aromatic rings. The predicted octanol–water partition coefficient (Wildman–Crippen LogP) is 2.81. The summed E-state index contributed by atoms with van der Waals surface area (Å²) in [5, 5.41) is 5.29. The van der Waals surface area contributed by atoms with Crippen molar-refractivity contribution in [2.45, 2.75) is 9.79 Å². The van der Waals surface area contributed by atoms with Gasteiger partial charge in [0.1, 0.15) is 26.9 Å². The van der Waals surface area contributed by atoms with Gasteiger partial charge in [0.15, 0.2) is 32.6 Å². The van der Waals surface area contributed by atoms with E-state index < -0.39 is 30.0 Å². The van der Waals surface area contributed by atoms with Crippen LogP contribution in [0.3, 0.4) is 0 Å². The molecule has 40 heavy (non-hydrogen) atoms. The van der Waals surface area contributed by atoms with Crippen LogP contribution >= 0.6 is 23.2 Å². The fourth-order valence-electron chi connectivity index (χ4n) is 4.15. The highest BCUT2D eigenvalue weighted by Crippen LogP contribution is 2.55. The number of nitrogens with one attached hydrogen (secondary N) is 2. The smallest absolute Gasteiger partial charge is 0.300 e. The van der Waals surface area contributed by atoms with Crippen molar-refractivity contribution in [3.05, 3.63) is 39.7 Å². The van der Waals surface area contributed by atoms with Crippen LogP contribution in [0, 0.1) is 0 Å². The lowest BCUT2D eigenvalue weighted by molar-refractivity contribution is 0.449. The van der Waals surface area contributed by atoms with Crippen LogP contribution in [0.5, 0.6) is 11.5 Å². The number of ether oxygens (including phenoxy) is 1. The third kappa shape index (κ3) is 4.82. The molecular weight excluding hydrogens is 611 g/mol. The summed E-state index contributed by atoms with van der Waals surface area (Å²) in [7, 11) is -9.66. The topological polar surface area (TPSA) is 232 Å². The second kappa shape index (κ2) is 10.3. The lowest BCUT2D eigenvalue weighted by Gasteiger charge is -2.26. The van der Waals surface area contributed by atoms with Gasteiger partial charge >= 0.3 is 10.1 Å². The number of halogens is 2. The lowest BCUT2D eigenvalue weighted by atomic mass is 10.1. The van der Waals surface area contributed by atoms with Gasteiger partial charge in [-0.25, -0.2) is 4.98 Å². The molecule has 0 fully saturated rings. The van der Waals surface area contributed by atoms with Crippen LogP contribution in [0.1, 0.15) is 0 Å². The summed E-state index contributed by atoms with van der Waals surface area (Å²) in [6, 6.07) is 5.57. The Morgan fingerprint density at radius 1 is 0.975 bits per heavy atom. The molecule has 2 aromatic carbocycles. The number of hydrogen-bond donors (Lipinski definition) is 6. The van der Waals surface area contributed by atoms with Gasteiger partial charge in [0.05, 0.1) is 23.3 Å². The van der Waals surface area contributed by atoms with Crippen molar-refractivity contribution in [3.8, 4) is 23.0 Å². The highest BCUT2D eigenvalue weighted by atomic mass is 35.5. The number of rotatable bonds is 7. The van der Waals surface area contributed by atoms with Gasteiger partial charge in [0.25, 0.3) is 10.1 Å². The molecule has 2 aliphatic heterocycles. The summed E-state index contributed by atoms with van der Waals surface area (Å²) in [6.45, 7) is 0.585. The number of nitrogens with two attached hydrogens (primary N) is 2. The monoisotopic (exact) mass is 630 g/mol. The molecule has 1 aliphatic carbocycles. The van der Waals surface area contributed by atoms with Gasteiger partial charge in [-0.05, 0) is 24.3 Å². The van der Waals surface area contributed by atoms with E-state index in [1.165, 1.54) is 24.3 Å². The Morgan fingerprint density at radius 2 is 1.70 bits per heavy atom. The minimum Gasteiger partial charge on any atom is -0.450 e. The Labute approximate surface area is 236 Å². The Kier molecular flexibility index (Phi) is 7.30. The zero-order valence-corrected chi connectivity index (χ0v) is 23.2. The van der Waals surface area contributed by atoms with Crippen LogP contribution in [0.25, 0.3) is 22.6 Å². The largest absolute Gasteiger partial charge is 0.450 e. The van der Waals surface area contributed by atoms with Crippen LogP contribution in [-0.2, 0) is 20.2 Å². The number of nitrogens with zero attached hydrogens (tertiary/aromatic N) is 2. The maximum atomic E-state index is 12.3. The third-order valence-corrected chi connectivity index (χ3v) is 8.28. The molecule has 0 bridgehead atoms. The van der Waals surface area contributed by atoms with Crippen molar-refractivity contribution in [2.24, 2.45) is 16.5 Å². The van der Waals surface area contributed by atoms with Crippen LogP contribution in [-0.4, -0.2) is 57.1 Å². The Morgan fingerprint density at radius 3 is 2.35 bits per heavy atom. The van der Waals surface area contributed by atoms with Gasteiger partial charge in [-0.1, -0.05) is 23.2 Å². The van der Waals surface area contributed by atoms with E-state index in [2.05, 4.69) is 20.6 Å². The minimum absolute atomic E-state index is 0.0270. The van der Waals surface area contributed by atoms with Crippen molar-refractivity contribution in [1.29, 1.82) is 0 Å². The Bertz CT molecular complexity index is 1950. The molecule has 5 rings (SSSR count). The molecule has 0 spiro atoms. The molecule has 8 N–H and O–H groups in total. The van der Waals surface area contributed by atoms with Crippen LogP contribution < -0.4 is 32.2 Å². The van der Waals surface area contributed by atoms with Crippen molar-refractivity contribution in [1.82, 2.24) is 4.98 Å².